The first-order chi connectivity index (χ1) is 13.0. The summed E-state index contributed by atoms with van der Waals surface area (Å²) in [5.41, 5.74) is 0.622. The molecule has 5 nitrogen and oxygen atoms in total. The lowest BCUT2D eigenvalue weighted by Crippen LogP contribution is -2.60. The standard InChI is InChI=1S/C21H25ClN2O3/c22-18-9-5-4-8-17(18)13-23-15-21(27)10-11-24(14-19(21)25)20(26)12-16-6-2-1-3-7-16/h1-9,19,23,25,27H,10-15H2/t19-,21-/m0/s1. The Balaban J connectivity index is 1.51. The minimum Gasteiger partial charge on any atom is -0.388 e. The fourth-order valence-electron chi connectivity index (χ4n) is 3.34. The average molecular weight is 389 g/mol. The smallest absolute Gasteiger partial charge is 0.227 e. The van der Waals surface area contributed by atoms with Crippen molar-refractivity contribution in [2.45, 2.75) is 31.1 Å². The van der Waals surface area contributed by atoms with Gasteiger partial charge in [-0.3, -0.25) is 4.79 Å². The lowest BCUT2D eigenvalue weighted by Gasteiger charge is -2.42. The van der Waals surface area contributed by atoms with Gasteiger partial charge in [0.25, 0.3) is 0 Å². The third-order valence-electron chi connectivity index (χ3n) is 5.08. The van der Waals surface area contributed by atoms with Crippen molar-refractivity contribution in [1.82, 2.24) is 10.2 Å². The Morgan fingerprint density at radius 2 is 1.89 bits per heavy atom. The van der Waals surface area contributed by atoms with Crippen molar-refractivity contribution in [2.24, 2.45) is 0 Å². The summed E-state index contributed by atoms with van der Waals surface area (Å²) in [4.78, 5) is 14.1. The van der Waals surface area contributed by atoms with Gasteiger partial charge in [-0.05, 0) is 23.6 Å². The molecule has 3 N–H and O–H groups in total. The van der Waals surface area contributed by atoms with Gasteiger partial charge in [0.1, 0.15) is 11.7 Å². The zero-order chi connectivity index (χ0) is 19.3. The molecule has 0 aliphatic carbocycles. The number of carbonyl (C=O) groups is 1. The van der Waals surface area contributed by atoms with Crippen LogP contribution in [0.4, 0.5) is 0 Å². The summed E-state index contributed by atoms with van der Waals surface area (Å²) in [6.45, 7) is 1.30. The fourth-order valence-corrected chi connectivity index (χ4v) is 3.54. The number of β-amino-alcohol motifs (C(OH)–C–C–N with tert-alkyl or cyclic N) is 1. The maximum Gasteiger partial charge on any atom is 0.227 e. The maximum atomic E-state index is 12.5. The highest BCUT2D eigenvalue weighted by molar-refractivity contribution is 6.31. The molecule has 1 heterocycles. The van der Waals surface area contributed by atoms with Gasteiger partial charge in [0.05, 0.1) is 6.42 Å². The summed E-state index contributed by atoms with van der Waals surface area (Å²) in [5, 5.41) is 25.1. The number of rotatable bonds is 6. The van der Waals surface area contributed by atoms with Gasteiger partial charge in [-0.2, -0.15) is 0 Å². The molecule has 3 rings (SSSR count). The quantitative estimate of drug-likeness (QED) is 0.707. The van der Waals surface area contributed by atoms with Crippen LogP contribution in [0.1, 0.15) is 17.5 Å². The second-order valence-corrected chi connectivity index (χ2v) is 7.47. The zero-order valence-electron chi connectivity index (χ0n) is 15.1. The number of nitrogens with one attached hydrogen (secondary N) is 1. The van der Waals surface area contributed by atoms with E-state index in [1.54, 1.807) is 4.90 Å². The van der Waals surface area contributed by atoms with Gasteiger partial charge < -0.3 is 20.4 Å². The summed E-state index contributed by atoms with van der Waals surface area (Å²) in [5.74, 6) is -0.0358. The zero-order valence-corrected chi connectivity index (χ0v) is 15.9. The maximum absolute atomic E-state index is 12.5. The number of carbonyl (C=O) groups excluding carboxylic acids is 1. The van der Waals surface area contributed by atoms with Crippen molar-refractivity contribution in [1.29, 1.82) is 0 Å². The van der Waals surface area contributed by atoms with Crippen molar-refractivity contribution in [2.75, 3.05) is 19.6 Å². The predicted octanol–water partition coefficient (Wildman–Crippen LogP) is 2.00. The molecule has 0 radical (unpaired) electrons. The van der Waals surface area contributed by atoms with Crippen molar-refractivity contribution >= 4 is 17.5 Å². The van der Waals surface area contributed by atoms with Crippen LogP contribution in [-0.4, -0.2) is 52.4 Å². The molecule has 0 aromatic heterocycles. The van der Waals surface area contributed by atoms with Crippen molar-refractivity contribution in [3.63, 3.8) is 0 Å². The third kappa shape index (κ3) is 5.08. The SMILES string of the molecule is O=C(Cc1ccccc1)N1CC[C@](O)(CNCc2ccccc2Cl)[C@@H](O)C1. The van der Waals surface area contributed by atoms with Crippen LogP contribution in [0.15, 0.2) is 54.6 Å². The highest BCUT2D eigenvalue weighted by Crippen LogP contribution is 2.23. The molecular formula is C21H25ClN2O3. The van der Waals surface area contributed by atoms with Crippen LogP contribution in [0, 0.1) is 0 Å². The minimum absolute atomic E-state index is 0.0358. The average Bonchev–Trinajstić information content (AvgIpc) is 2.66. The first-order valence-electron chi connectivity index (χ1n) is 9.14. The molecule has 2 aromatic rings. The third-order valence-corrected chi connectivity index (χ3v) is 5.45. The number of aliphatic hydroxyl groups is 2. The van der Waals surface area contributed by atoms with Crippen molar-refractivity contribution < 1.29 is 15.0 Å². The van der Waals surface area contributed by atoms with Gasteiger partial charge in [0.15, 0.2) is 0 Å². The molecule has 0 spiro atoms. The molecular weight excluding hydrogens is 364 g/mol. The van der Waals surface area contributed by atoms with Crippen LogP contribution in [0.2, 0.25) is 5.02 Å². The van der Waals surface area contributed by atoms with Crippen molar-refractivity contribution in [3.05, 3.63) is 70.7 Å². The predicted molar refractivity (Wildman–Crippen MR) is 105 cm³/mol. The van der Waals surface area contributed by atoms with E-state index in [0.29, 0.717) is 31.0 Å². The summed E-state index contributed by atoms with van der Waals surface area (Å²) in [7, 11) is 0. The fraction of sp³-hybridized carbons (Fsp3) is 0.381. The Morgan fingerprint density at radius 1 is 1.19 bits per heavy atom. The number of piperidine rings is 1. The molecule has 2 atom stereocenters. The first-order valence-corrected chi connectivity index (χ1v) is 9.52. The number of aliphatic hydroxyl groups excluding tert-OH is 1. The summed E-state index contributed by atoms with van der Waals surface area (Å²) < 4.78 is 0. The van der Waals surface area contributed by atoms with Gasteiger partial charge in [0, 0.05) is 31.2 Å². The topological polar surface area (TPSA) is 72.8 Å². The molecule has 1 aliphatic rings. The Hall–Kier alpha value is -1.92. The van der Waals surface area contributed by atoms with Crippen LogP contribution >= 0.6 is 11.6 Å². The molecule has 0 saturated carbocycles. The monoisotopic (exact) mass is 388 g/mol. The van der Waals surface area contributed by atoms with Crippen LogP contribution in [0.25, 0.3) is 0 Å². The van der Waals surface area contributed by atoms with E-state index in [1.807, 2.05) is 54.6 Å². The number of nitrogens with zero attached hydrogens (tertiary/aromatic N) is 1. The molecule has 1 saturated heterocycles. The van der Waals surface area contributed by atoms with Gasteiger partial charge in [0.2, 0.25) is 5.91 Å². The lowest BCUT2D eigenvalue weighted by molar-refractivity contribution is -0.148. The minimum atomic E-state index is -1.26. The highest BCUT2D eigenvalue weighted by atomic mass is 35.5. The van der Waals surface area contributed by atoms with E-state index in [9.17, 15) is 15.0 Å². The summed E-state index contributed by atoms with van der Waals surface area (Å²) in [6.07, 6.45) is -0.370. The second-order valence-electron chi connectivity index (χ2n) is 7.07. The molecule has 6 heteroatoms. The largest absolute Gasteiger partial charge is 0.388 e. The van der Waals surface area contributed by atoms with Gasteiger partial charge in [-0.1, -0.05) is 60.1 Å². The van der Waals surface area contributed by atoms with E-state index >= 15 is 0 Å². The van der Waals surface area contributed by atoms with E-state index < -0.39 is 11.7 Å². The van der Waals surface area contributed by atoms with Gasteiger partial charge in [-0.25, -0.2) is 0 Å². The molecule has 1 fully saturated rings. The Labute approximate surface area is 164 Å². The molecule has 0 bridgehead atoms. The molecule has 1 amide bonds. The Bertz CT molecular complexity index is 771. The summed E-state index contributed by atoms with van der Waals surface area (Å²) >= 11 is 6.13. The number of hydrogen-bond acceptors (Lipinski definition) is 4. The molecule has 0 unspecified atom stereocenters. The molecule has 144 valence electrons. The summed E-state index contributed by atoms with van der Waals surface area (Å²) in [6, 6.07) is 17.0. The Morgan fingerprint density at radius 3 is 2.59 bits per heavy atom. The number of likely N-dealkylation sites (tertiary alicyclic amines) is 1. The van der Waals surface area contributed by atoms with E-state index in [0.717, 1.165) is 11.1 Å². The molecule has 1 aliphatic heterocycles. The number of benzene rings is 2. The normalized spacial score (nSPS) is 22.6. The molecule has 27 heavy (non-hydrogen) atoms. The lowest BCUT2D eigenvalue weighted by atomic mass is 9.88. The van der Waals surface area contributed by atoms with E-state index in [2.05, 4.69) is 5.32 Å². The van der Waals surface area contributed by atoms with Crippen molar-refractivity contribution in [3.8, 4) is 0 Å². The van der Waals surface area contributed by atoms with Gasteiger partial charge in [-0.15, -0.1) is 0 Å². The van der Waals surface area contributed by atoms with Crippen LogP contribution in [-0.2, 0) is 17.8 Å². The molecule has 2 aromatic carbocycles. The highest BCUT2D eigenvalue weighted by Gasteiger charge is 2.41. The van der Waals surface area contributed by atoms with Gasteiger partial charge >= 0.3 is 0 Å². The Kier molecular flexibility index (Phi) is 6.50. The van der Waals surface area contributed by atoms with Crippen LogP contribution < -0.4 is 5.32 Å². The number of hydrogen-bond donors (Lipinski definition) is 3. The number of halogens is 1. The van der Waals surface area contributed by atoms with E-state index in [-0.39, 0.29) is 19.0 Å². The first kappa shape index (κ1) is 19.8. The van der Waals surface area contributed by atoms with Crippen LogP contribution in [0.3, 0.4) is 0 Å². The van der Waals surface area contributed by atoms with Crippen LogP contribution in [0.5, 0.6) is 0 Å². The van der Waals surface area contributed by atoms with E-state index in [4.69, 9.17) is 11.6 Å². The second kappa shape index (κ2) is 8.85. The van der Waals surface area contributed by atoms with E-state index in [1.165, 1.54) is 0 Å². The number of amides is 1.